The number of unbranched alkanes of at least 4 members (excludes halogenated alkanes) is 6. The molecule has 0 fully saturated rings. The Morgan fingerprint density at radius 1 is 0.913 bits per heavy atom. The fraction of sp³-hybridized carbons (Fsp3) is 0.889. The summed E-state index contributed by atoms with van der Waals surface area (Å²) in [6.45, 7) is 4.43. The van der Waals surface area contributed by atoms with Gasteiger partial charge in [-0.25, -0.2) is 0 Å². The quantitative estimate of drug-likeness (QED) is 0.237. The summed E-state index contributed by atoms with van der Waals surface area (Å²) in [7, 11) is 0. The summed E-state index contributed by atoms with van der Waals surface area (Å²) in [5, 5.41) is 0. The molecule has 0 aliphatic rings. The average molecular weight is 349 g/mol. The normalized spacial score (nSPS) is 12.0. The molecule has 0 aromatic rings. The van der Waals surface area contributed by atoms with Gasteiger partial charge in [-0.1, -0.05) is 45.4 Å². The van der Waals surface area contributed by atoms with E-state index in [-0.39, 0.29) is 30.9 Å². The summed E-state index contributed by atoms with van der Waals surface area (Å²) < 4.78 is 10.4. The molecular weight excluding hydrogens is 316 g/mol. The van der Waals surface area contributed by atoms with E-state index in [1.165, 1.54) is 12.8 Å². The van der Waals surface area contributed by atoms with E-state index >= 15 is 0 Å². The molecule has 23 heavy (non-hydrogen) atoms. The fourth-order valence-electron chi connectivity index (χ4n) is 2.20. The van der Waals surface area contributed by atoms with Crippen LogP contribution in [0.4, 0.5) is 0 Å². The van der Waals surface area contributed by atoms with Gasteiger partial charge in [0.15, 0.2) is 0 Å². The number of ether oxygens (including phenoxy) is 2. The van der Waals surface area contributed by atoms with Gasteiger partial charge in [0.05, 0.1) is 25.6 Å². The predicted octanol–water partition coefficient (Wildman–Crippen LogP) is 5.01. The third-order valence-electron chi connectivity index (χ3n) is 3.62. The van der Waals surface area contributed by atoms with Crippen molar-refractivity contribution in [3.8, 4) is 0 Å². The molecule has 1 unspecified atom stereocenters. The highest BCUT2D eigenvalue weighted by Crippen LogP contribution is 2.08. The minimum atomic E-state index is -0.315. The Kier molecular flexibility index (Phi) is 15.6. The van der Waals surface area contributed by atoms with Crippen LogP contribution in [0, 0.1) is 0 Å². The zero-order valence-electron chi connectivity index (χ0n) is 14.8. The van der Waals surface area contributed by atoms with Crippen molar-refractivity contribution in [2.24, 2.45) is 0 Å². The summed E-state index contributed by atoms with van der Waals surface area (Å²) in [5.41, 5.74) is 0. The number of hydrogen-bond acceptors (Lipinski definition) is 4. The average Bonchev–Trinajstić information content (AvgIpc) is 2.53. The van der Waals surface area contributed by atoms with E-state index in [1.54, 1.807) is 0 Å². The highest BCUT2D eigenvalue weighted by molar-refractivity contribution is 6.17. The Morgan fingerprint density at radius 3 is 2.17 bits per heavy atom. The molecule has 0 aromatic heterocycles. The molecule has 136 valence electrons. The van der Waals surface area contributed by atoms with Crippen LogP contribution in [0.3, 0.4) is 0 Å². The molecule has 0 spiro atoms. The van der Waals surface area contributed by atoms with E-state index in [9.17, 15) is 9.59 Å². The second-order valence-corrected chi connectivity index (χ2v) is 6.35. The van der Waals surface area contributed by atoms with Gasteiger partial charge in [0.2, 0.25) is 0 Å². The lowest BCUT2D eigenvalue weighted by molar-refractivity contribution is -0.153. The van der Waals surface area contributed by atoms with Crippen molar-refractivity contribution in [2.45, 2.75) is 90.6 Å². The van der Waals surface area contributed by atoms with Crippen LogP contribution in [0.1, 0.15) is 84.5 Å². The molecule has 0 amide bonds. The van der Waals surface area contributed by atoms with Crippen molar-refractivity contribution in [2.75, 3.05) is 12.5 Å². The van der Waals surface area contributed by atoms with E-state index < -0.39 is 0 Å². The van der Waals surface area contributed by atoms with E-state index in [4.69, 9.17) is 21.1 Å². The van der Waals surface area contributed by atoms with Crippen LogP contribution in [-0.4, -0.2) is 30.5 Å². The molecule has 1 atom stereocenters. The number of alkyl halides is 1. The minimum Gasteiger partial charge on any atom is -0.466 e. The Morgan fingerprint density at radius 2 is 1.52 bits per heavy atom. The highest BCUT2D eigenvalue weighted by Gasteiger charge is 2.12. The van der Waals surface area contributed by atoms with Gasteiger partial charge in [-0.3, -0.25) is 9.59 Å². The first-order chi connectivity index (χ1) is 11.1. The lowest BCUT2D eigenvalue weighted by atomic mass is 10.1. The third kappa shape index (κ3) is 15.9. The number of halogens is 1. The Hall–Kier alpha value is -0.770. The number of rotatable bonds is 15. The topological polar surface area (TPSA) is 52.6 Å². The van der Waals surface area contributed by atoms with Crippen LogP contribution in [0.25, 0.3) is 0 Å². The molecule has 0 N–H and O–H groups in total. The predicted molar refractivity (Wildman–Crippen MR) is 93.7 cm³/mol. The molecule has 0 heterocycles. The molecule has 0 aliphatic carbocycles. The maximum absolute atomic E-state index is 11.6. The summed E-state index contributed by atoms with van der Waals surface area (Å²) in [6, 6.07) is 0. The van der Waals surface area contributed by atoms with E-state index in [1.807, 2.05) is 6.92 Å². The number of esters is 2. The standard InChI is InChI=1S/C18H33ClO4/c1-3-4-11-16(2)23-18(21)13-12-17(20)22-15-10-8-6-5-7-9-14-19/h16H,3-15H2,1-2H3. The summed E-state index contributed by atoms with van der Waals surface area (Å²) in [5.74, 6) is 0.104. The lowest BCUT2D eigenvalue weighted by Gasteiger charge is -2.12. The van der Waals surface area contributed by atoms with Crippen molar-refractivity contribution >= 4 is 23.5 Å². The first-order valence-corrected chi connectivity index (χ1v) is 9.54. The van der Waals surface area contributed by atoms with Crippen LogP contribution in [0.15, 0.2) is 0 Å². The molecule has 5 heteroatoms. The van der Waals surface area contributed by atoms with Gasteiger partial charge in [-0.2, -0.15) is 0 Å². The van der Waals surface area contributed by atoms with Crippen LogP contribution >= 0.6 is 11.6 Å². The Bertz CT molecular complexity index is 307. The summed E-state index contributed by atoms with van der Waals surface area (Å²) in [4.78, 5) is 23.1. The molecular formula is C18H33ClO4. The van der Waals surface area contributed by atoms with E-state index in [0.717, 1.165) is 50.8 Å². The van der Waals surface area contributed by atoms with Crippen molar-refractivity contribution in [3.63, 3.8) is 0 Å². The van der Waals surface area contributed by atoms with Crippen LogP contribution in [0.5, 0.6) is 0 Å². The molecule has 0 aliphatic heterocycles. The summed E-state index contributed by atoms with van der Waals surface area (Å²) >= 11 is 5.61. The molecule has 4 nitrogen and oxygen atoms in total. The molecule has 0 bridgehead atoms. The van der Waals surface area contributed by atoms with E-state index in [2.05, 4.69) is 6.92 Å². The number of hydrogen-bond donors (Lipinski definition) is 0. The molecule has 0 saturated heterocycles. The second kappa shape index (κ2) is 16.1. The monoisotopic (exact) mass is 348 g/mol. The Balaban J connectivity index is 3.47. The minimum absolute atomic E-state index is 0.0720. The van der Waals surface area contributed by atoms with Crippen molar-refractivity contribution < 1.29 is 19.1 Å². The lowest BCUT2D eigenvalue weighted by Crippen LogP contribution is -2.16. The zero-order chi connectivity index (χ0) is 17.3. The maximum Gasteiger partial charge on any atom is 0.306 e. The van der Waals surface area contributed by atoms with Crippen molar-refractivity contribution in [1.29, 1.82) is 0 Å². The SMILES string of the molecule is CCCCC(C)OC(=O)CCC(=O)OCCCCCCCCCl. The highest BCUT2D eigenvalue weighted by atomic mass is 35.5. The second-order valence-electron chi connectivity index (χ2n) is 5.97. The first kappa shape index (κ1) is 22.2. The van der Waals surface area contributed by atoms with Gasteiger partial charge in [-0.05, 0) is 26.2 Å². The van der Waals surface area contributed by atoms with Gasteiger partial charge >= 0.3 is 11.9 Å². The van der Waals surface area contributed by atoms with Crippen LogP contribution in [0.2, 0.25) is 0 Å². The van der Waals surface area contributed by atoms with Crippen molar-refractivity contribution in [3.05, 3.63) is 0 Å². The van der Waals surface area contributed by atoms with Gasteiger partial charge in [-0.15, -0.1) is 11.6 Å². The zero-order valence-corrected chi connectivity index (χ0v) is 15.5. The van der Waals surface area contributed by atoms with Crippen LogP contribution < -0.4 is 0 Å². The van der Waals surface area contributed by atoms with Gasteiger partial charge in [0.25, 0.3) is 0 Å². The number of carbonyl (C=O) groups is 2. The van der Waals surface area contributed by atoms with E-state index in [0.29, 0.717) is 6.61 Å². The third-order valence-corrected chi connectivity index (χ3v) is 3.89. The Labute approximate surface area is 146 Å². The smallest absolute Gasteiger partial charge is 0.306 e. The first-order valence-electron chi connectivity index (χ1n) is 9.01. The van der Waals surface area contributed by atoms with Gasteiger partial charge in [0, 0.05) is 5.88 Å². The van der Waals surface area contributed by atoms with Gasteiger partial charge in [0.1, 0.15) is 0 Å². The fourth-order valence-corrected chi connectivity index (χ4v) is 2.39. The molecule has 0 rings (SSSR count). The van der Waals surface area contributed by atoms with Gasteiger partial charge < -0.3 is 9.47 Å². The molecule has 0 aromatic carbocycles. The van der Waals surface area contributed by atoms with Crippen LogP contribution in [-0.2, 0) is 19.1 Å². The molecule has 0 radical (unpaired) electrons. The molecule has 0 saturated carbocycles. The number of carbonyl (C=O) groups excluding carboxylic acids is 2. The summed E-state index contributed by atoms with van der Waals surface area (Å²) in [6.07, 6.45) is 9.66. The largest absolute Gasteiger partial charge is 0.466 e. The maximum atomic E-state index is 11.6. The van der Waals surface area contributed by atoms with Crippen molar-refractivity contribution in [1.82, 2.24) is 0 Å².